The number of anilines is 1. The molecule has 3 aromatic rings. The Labute approximate surface area is 143 Å². The van der Waals surface area contributed by atoms with Crippen molar-refractivity contribution in [2.24, 2.45) is 0 Å². The highest BCUT2D eigenvalue weighted by Crippen LogP contribution is 2.23. The number of halogens is 2. The highest BCUT2D eigenvalue weighted by molar-refractivity contribution is 6.37. The van der Waals surface area contributed by atoms with Crippen LogP contribution >= 0.6 is 23.2 Å². The van der Waals surface area contributed by atoms with Gasteiger partial charge in [0.25, 0.3) is 5.91 Å². The molecule has 2 heterocycles. The SMILES string of the molecule is Cc1cc(C)c2ccc(NC(=O)c3ccc(Cl)cc3Cl)nc2n1. The van der Waals surface area contributed by atoms with E-state index in [9.17, 15) is 4.79 Å². The molecule has 23 heavy (non-hydrogen) atoms. The van der Waals surface area contributed by atoms with Gasteiger partial charge in [0.1, 0.15) is 5.82 Å². The lowest BCUT2D eigenvalue weighted by molar-refractivity contribution is 0.102. The first-order chi connectivity index (χ1) is 10.9. The van der Waals surface area contributed by atoms with Gasteiger partial charge in [-0.25, -0.2) is 9.97 Å². The second-order valence-electron chi connectivity index (χ2n) is 5.23. The summed E-state index contributed by atoms with van der Waals surface area (Å²) in [7, 11) is 0. The maximum absolute atomic E-state index is 12.3. The van der Waals surface area contributed by atoms with E-state index in [0.29, 0.717) is 27.1 Å². The highest BCUT2D eigenvalue weighted by Gasteiger charge is 2.12. The van der Waals surface area contributed by atoms with Crippen LogP contribution in [-0.2, 0) is 0 Å². The summed E-state index contributed by atoms with van der Waals surface area (Å²) in [5.41, 5.74) is 2.92. The largest absolute Gasteiger partial charge is 0.306 e. The second-order valence-corrected chi connectivity index (χ2v) is 6.07. The van der Waals surface area contributed by atoms with Crippen molar-refractivity contribution < 1.29 is 4.79 Å². The number of fused-ring (bicyclic) bond motifs is 1. The highest BCUT2D eigenvalue weighted by atomic mass is 35.5. The van der Waals surface area contributed by atoms with E-state index >= 15 is 0 Å². The van der Waals surface area contributed by atoms with Gasteiger partial charge >= 0.3 is 0 Å². The average Bonchev–Trinajstić information content (AvgIpc) is 2.46. The Morgan fingerprint density at radius 3 is 2.57 bits per heavy atom. The van der Waals surface area contributed by atoms with Gasteiger partial charge in [0, 0.05) is 16.1 Å². The zero-order chi connectivity index (χ0) is 16.6. The van der Waals surface area contributed by atoms with Crippen LogP contribution in [0.1, 0.15) is 21.6 Å². The molecular formula is C17H13Cl2N3O. The van der Waals surface area contributed by atoms with E-state index in [4.69, 9.17) is 23.2 Å². The lowest BCUT2D eigenvalue weighted by atomic mass is 10.1. The minimum absolute atomic E-state index is 0.292. The van der Waals surface area contributed by atoms with Crippen molar-refractivity contribution in [3.05, 3.63) is 63.3 Å². The predicted octanol–water partition coefficient (Wildman–Crippen LogP) is 4.81. The number of hydrogen-bond acceptors (Lipinski definition) is 3. The van der Waals surface area contributed by atoms with Gasteiger partial charge in [-0.1, -0.05) is 23.2 Å². The van der Waals surface area contributed by atoms with Crippen molar-refractivity contribution in [1.82, 2.24) is 9.97 Å². The van der Waals surface area contributed by atoms with Gasteiger partial charge in [0.05, 0.1) is 10.6 Å². The third-order valence-corrected chi connectivity index (χ3v) is 3.97. The van der Waals surface area contributed by atoms with Gasteiger partial charge < -0.3 is 5.32 Å². The summed E-state index contributed by atoms with van der Waals surface area (Å²) >= 11 is 11.9. The van der Waals surface area contributed by atoms with E-state index in [-0.39, 0.29) is 5.91 Å². The minimum Gasteiger partial charge on any atom is -0.306 e. The molecule has 0 aliphatic rings. The third kappa shape index (κ3) is 3.28. The number of amides is 1. The third-order valence-electron chi connectivity index (χ3n) is 3.42. The minimum atomic E-state index is -0.345. The molecule has 1 amide bonds. The molecule has 0 atom stereocenters. The van der Waals surface area contributed by atoms with Gasteiger partial charge in [-0.3, -0.25) is 4.79 Å². The molecule has 1 N–H and O–H groups in total. The molecule has 0 spiro atoms. The molecule has 0 saturated heterocycles. The van der Waals surface area contributed by atoms with Crippen LogP contribution in [0.5, 0.6) is 0 Å². The first kappa shape index (κ1) is 15.7. The maximum Gasteiger partial charge on any atom is 0.258 e. The van der Waals surface area contributed by atoms with Crippen LogP contribution in [-0.4, -0.2) is 15.9 Å². The normalized spacial score (nSPS) is 10.8. The van der Waals surface area contributed by atoms with Gasteiger partial charge in [0.15, 0.2) is 5.65 Å². The number of pyridine rings is 2. The Kier molecular flexibility index (Phi) is 4.20. The van der Waals surface area contributed by atoms with Crippen LogP contribution < -0.4 is 5.32 Å². The number of nitrogens with one attached hydrogen (secondary N) is 1. The van der Waals surface area contributed by atoms with Crippen molar-refractivity contribution >= 4 is 46.0 Å². The summed E-state index contributed by atoms with van der Waals surface area (Å²) in [6.07, 6.45) is 0. The van der Waals surface area contributed by atoms with E-state index in [1.807, 2.05) is 26.0 Å². The molecule has 0 saturated carbocycles. The monoisotopic (exact) mass is 345 g/mol. The van der Waals surface area contributed by atoms with Crippen molar-refractivity contribution in [2.45, 2.75) is 13.8 Å². The lowest BCUT2D eigenvalue weighted by Gasteiger charge is -2.08. The molecule has 0 aliphatic heterocycles. The number of carbonyl (C=O) groups excluding carboxylic acids is 1. The van der Waals surface area contributed by atoms with Crippen molar-refractivity contribution in [3.8, 4) is 0 Å². The molecule has 0 aliphatic carbocycles. The number of benzene rings is 1. The predicted molar refractivity (Wildman–Crippen MR) is 93.4 cm³/mol. The fraction of sp³-hybridized carbons (Fsp3) is 0.118. The Balaban J connectivity index is 1.93. The van der Waals surface area contributed by atoms with Crippen LogP contribution in [0.25, 0.3) is 11.0 Å². The number of hydrogen-bond donors (Lipinski definition) is 1. The molecule has 0 bridgehead atoms. The first-order valence-corrected chi connectivity index (χ1v) is 7.71. The molecule has 0 radical (unpaired) electrons. The molecular weight excluding hydrogens is 333 g/mol. The Morgan fingerprint density at radius 2 is 1.83 bits per heavy atom. The topological polar surface area (TPSA) is 54.9 Å². The number of aryl methyl sites for hydroxylation is 2. The fourth-order valence-corrected chi connectivity index (χ4v) is 2.85. The smallest absolute Gasteiger partial charge is 0.258 e. The van der Waals surface area contributed by atoms with E-state index in [1.165, 1.54) is 6.07 Å². The molecule has 1 aromatic carbocycles. The van der Waals surface area contributed by atoms with Crippen molar-refractivity contribution in [1.29, 1.82) is 0 Å². The van der Waals surface area contributed by atoms with Crippen molar-refractivity contribution in [3.63, 3.8) is 0 Å². The standard InChI is InChI=1S/C17H13Cl2N3O/c1-9-7-10(2)20-16-12(9)5-6-15(21-16)22-17(23)13-4-3-11(18)8-14(13)19/h3-8H,1-2H3,(H,20,21,22,23). The second kappa shape index (κ2) is 6.14. The summed E-state index contributed by atoms with van der Waals surface area (Å²) in [5.74, 6) is 0.0777. The first-order valence-electron chi connectivity index (χ1n) is 6.95. The quantitative estimate of drug-likeness (QED) is 0.725. The summed E-state index contributed by atoms with van der Waals surface area (Å²) in [6.45, 7) is 3.91. The van der Waals surface area contributed by atoms with E-state index in [1.54, 1.807) is 18.2 Å². The Bertz CT molecular complexity index is 925. The molecule has 0 fully saturated rings. The molecule has 4 nitrogen and oxygen atoms in total. The van der Waals surface area contributed by atoms with E-state index in [0.717, 1.165) is 16.6 Å². The van der Waals surface area contributed by atoms with E-state index in [2.05, 4.69) is 15.3 Å². The summed E-state index contributed by atoms with van der Waals surface area (Å²) in [6, 6.07) is 10.4. The summed E-state index contributed by atoms with van der Waals surface area (Å²) in [5, 5.41) is 4.46. The summed E-state index contributed by atoms with van der Waals surface area (Å²) < 4.78 is 0. The van der Waals surface area contributed by atoms with Gasteiger partial charge in [-0.15, -0.1) is 0 Å². The molecule has 2 aromatic heterocycles. The number of rotatable bonds is 2. The molecule has 0 unspecified atom stereocenters. The maximum atomic E-state index is 12.3. The van der Waals surface area contributed by atoms with E-state index < -0.39 is 0 Å². The molecule has 116 valence electrons. The zero-order valence-corrected chi connectivity index (χ0v) is 14.0. The Hall–Kier alpha value is -2.17. The van der Waals surface area contributed by atoms with Crippen LogP contribution in [0.2, 0.25) is 10.0 Å². The number of nitrogens with zero attached hydrogens (tertiary/aromatic N) is 2. The zero-order valence-electron chi connectivity index (χ0n) is 12.5. The van der Waals surface area contributed by atoms with Crippen LogP contribution in [0.15, 0.2) is 36.4 Å². The van der Waals surface area contributed by atoms with Gasteiger partial charge in [-0.2, -0.15) is 0 Å². The number of carbonyl (C=O) groups is 1. The Morgan fingerprint density at radius 1 is 1.04 bits per heavy atom. The van der Waals surface area contributed by atoms with Crippen LogP contribution in [0, 0.1) is 13.8 Å². The van der Waals surface area contributed by atoms with Crippen LogP contribution in [0.4, 0.5) is 5.82 Å². The lowest BCUT2D eigenvalue weighted by Crippen LogP contribution is -2.13. The fourth-order valence-electron chi connectivity index (χ4n) is 2.36. The average molecular weight is 346 g/mol. The van der Waals surface area contributed by atoms with Crippen molar-refractivity contribution in [2.75, 3.05) is 5.32 Å². The molecule has 3 rings (SSSR count). The summed E-state index contributed by atoms with van der Waals surface area (Å²) in [4.78, 5) is 21.1. The van der Waals surface area contributed by atoms with Gasteiger partial charge in [-0.05, 0) is 55.8 Å². The van der Waals surface area contributed by atoms with Crippen LogP contribution in [0.3, 0.4) is 0 Å². The van der Waals surface area contributed by atoms with Gasteiger partial charge in [0.2, 0.25) is 0 Å². The molecule has 6 heteroatoms. The number of aromatic nitrogens is 2.